The van der Waals surface area contributed by atoms with E-state index in [9.17, 15) is 4.79 Å². The van der Waals surface area contributed by atoms with Gasteiger partial charge in [0.2, 0.25) is 5.91 Å². The number of nitrogens with one attached hydrogen (secondary N) is 1. The number of rotatable bonds is 7. The van der Waals surface area contributed by atoms with Crippen LogP contribution in [0.3, 0.4) is 0 Å². The van der Waals surface area contributed by atoms with Crippen molar-refractivity contribution in [2.45, 2.75) is 11.3 Å². The molecule has 0 saturated heterocycles. The Morgan fingerprint density at radius 3 is 2.80 bits per heavy atom. The van der Waals surface area contributed by atoms with Gasteiger partial charge in [-0.15, -0.1) is 23.1 Å². The molecule has 3 rings (SSSR count). The fourth-order valence-corrected chi connectivity index (χ4v) is 3.80. The van der Waals surface area contributed by atoms with E-state index >= 15 is 0 Å². The lowest BCUT2D eigenvalue weighted by molar-refractivity contribution is -0.120. The van der Waals surface area contributed by atoms with Gasteiger partial charge in [-0.1, -0.05) is 17.7 Å². The summed E-state index contributed by atoms with van der Waals surface area (Å²) in [5, 5.41) is 6.40. The number of carbonyl (C=O) groups is 1. The van der Waals surface area contributed by atoms with Crippen LogP contribution < -0.4 is 5.32 Å². The predicted octanol–water partition coefficient (Wildman–Crippen LogP) is 4.31. The summed E-state index contributed by atoms with van der Waals surface area (Å²) in [6.07, 6.45) is 2.02. The van der Waals surface area contributed by atoms with E-state index in [4.69, 9.17) is 11.6 Å². The molecule has 0 saturated carbocycles. The molecule has 1 aromatic carbocycles. The van der Waals surface area contributed by atoms with Crippen molar-refractivity contribution < 1.29 is 4.79 Å². The topological polar surface area (TPSA) is 54.9 Å². The van der Waals surface area contributed by atoms with E-state index in [0.29, 0.717) is 6.54 Å². The molecule has 1 amide bonds. The van der Waals surface area contributed by atoms with Gasteiger partial charge in [-0.2, -0.15) is 0 Å². The van der Waals surface area contributed by atoms with Crippen LogP contribution in [0.25, 0.3) is 10.7 Å². The second-order valence-corrected chi connectivity index (χ2v) is 7.65. The first-order valence-corrected chi connectivity index (χ1v) is 9.96. The highest BCUT2D eigenvalue weighted by atomic mass is 35.5. The molecule has 25 heavy (non-hydrogen) atoms. The standard InChI is InChI=1S/C18H16ClN3OS2/c19-13-4-6-15(7-5-13)24-10-9-21-17(23)11-14-12-25-18(22-14)16-3-1-2-8-20-16/h1-8,12H,9-11H2,(H,21,23). The van der Waals surface area contributed by atoms with Gasteiger partial charge in [-0.3, -0.25) is 9.78 Å². The lowest BCUT2D eigenvalue weighted by Crippen LogP contribution is -2.27. The van der Waals surface area contributed by atoms with Crippen molar-refractivity contribution in [1.82, 2.24) is 15.3 Å². The highest BCUT2D eigenvalue weighted by molar-refractivity contribution is 7.99. The van der Waals surface area contributed by atoms with Gasteiger partial charge in [0.25, 0.3) is 0 Å². The highest BCUT2D eigenvalue weighted by Gasteiger charge is 2.09. The lowest BCUT2D eigenvalue weighted by atomic mass is 10.3. The summed E-state index contributed by atoms with van der Waals surface area (Å²) < 4.78 is 0. The van der Waals surface area contributed by atoms with Gasteiger partial charge in [0.05, 0.1) is 17.8 Å². The zero-order valence-corrected chi connectivity index (χ0v) is 15.7. The Balaban J connectivity index is 1.42. The van der Waals surface area contributed by atoms with Crippen molar-refractivity contribution in [2.75, 3.05) is 12.3 Å². The van der Waals surface area contributed by atoms with Crippen molar-refractivity contribution in [1.29, 1.82) is 0 Å². The molecule has 0 atom stereocenters. The van der Waals surface area contributed by atoms with E-state index in [-0.39, 0.29) is 12.3 Å². The molecule has 128 valence electrons. The summed E-state index contributed by atoms with van der Waals surface area (Å²) in [7, 11) is 0. The average molecular weight is 390 g/mol. The van der Waals surface area contributed by atoms with Gasteiger partial charge >= 0.3 is 0 Å². The number of amides is 1. The molecule has 1 N–H and O–H groups in total. The predicted molar refractivity (Wildman–Crippen MR) is 104 cm³/mol. The minimum absolute atomic E-state index is 0.0189. The smallest absolute Gasteiger partial charge is 0.226 e. The zero-order valence-electron chi connectivity index (χ0n) is 13.3. The van der Waals surface area contributed by atoms with Gasteiger partial charge in [-0.25, -0.2) is 4.98 Å². The second kappa shape index (κ2) is 8.99. The maximum atomic E-state index is 12.0. The number of aromatic nitrogens is 2. The summed E-state index contributed by atoms with van der Waals surface area (Å²) in [6.45, 7) is 0.614. The summed E-state index contributed by atoms with van der Waals surface area (Å²) in [5.41, 5.74) is 1.60. The maximum absolute atomic E-state index is 12.0. The van der Waals surface area contributed by atoms with Crippen LogP contribution in [0.15, 0.2) is 58.9 Å². The van der Waals surface area contributed by atoms with Crippen molar-refractivity contribution in [2.24, 2.45) is 0 Å². The van der Waals surface area contributed by atoms with Crippen molar-refractivity contribution >= 4 is 40.6 Å². The summed E-state index contributed by atoms with van der Waals surface area (Å²) >= 11 is 9.04. The number of benzene rings is 1. The summed E-state index contributed by atoms with van der Waals surface area (Å²) in [6, 6.07) is 13.4. The number of nitrogens with zero attached hydrogens (tertiary/aromatic N) is 2. The van der Waals surface area contributed by atoms with E-state index in [1.807, 2.05) is 47.8 Å². The van der Waals surface area contributed by atoms with Crippen LogP contribution in [0.4, 0.5) is 0 Å². The molecule has 0 radical (unpaired) electrons. The third-order valence-corrected chi connectivity index (χ3v) is 5.46. The molecule has 2 heterocycles. The molecular formula is C18H16ClN3OS2. The SMILES string of the molecule is O=C(Cc1csc(-c2ccccn2)n1)NCCSc1ccc(Cl)cc1. The average Bonchev–Trinajstić information content (AvgIpc) is 3.09. The second-order valence-electron chi connectivity index (χ2n) is 5.19. The lowest BCUT2D eigenvalue weighted by Gasteiger charge is -2.04. The maximum Gasteiger partial charge on any atom is 0.226 e. The molecule has 0 aliphatic rings. The van der Waals surface area contributed by atoms with Crippen LogP contribution in [0.2, 0.25) is 5.02 Å². The van der Waals surface area contributed by atoms with E-state index in [0.717, 1.165) is 32.1 Å². The molecule has 0 bridgehead atoms. The van der Waals surface area contributed by atoms with Crippen LogP contribution in [0.5, 0.6) is 0 Å². The van der Waals surface area contributed by atoms with Crippen LogP contribution in [-0.4, -0.2) is 28.2 Å². The number of halogens is 1. The Hall–Kier alpha value is -1.89. The van der Waals surface area contributed by atoms with E-state index < -0.39 is 0 Å². The number of hydrogen-bond donors (Lipinski definition) is 1. The molecule has 0 unspecified atom stereocenters. The van der Waals surface area contributed by atoms with Crippen molar-refractivity contribution in [3.63, 3.8) is 0 Å². The van der Waals surface area contributed by atoms with Crippen LogP contribution in [0.1, 0.15) is 5.69 Å². The Bertz CT molecular complexity index is 822. The third-order valence-electron chi connectivity index (χ3n) is 3.28. The minimum atomic E-state index is -0.0189. The van der Waals surface area contributed by atoms with E-state index in [1.165, 1.54) is 11.3 Å². The molecular weight excluding hydrogens is 374 g/mol. The first-order chi connectivity index (χ1) is 12.2. The fourth-order valence-electron chi connectivity index (χ4n) is 2.11. The normalized spacial score (nSPS) is 10.6. The molecule has 4 nitrogen and oxygen atoms in total. The van der Waals surface area contributed by atoms with Crippen molar-refractivity contribution in [3.05, 3.63) is 64.8 Å². The zero-order chi connectivity index (χ0) is 17.5. The Labute approximate surface area is 159 Å². The number of pyridine rings is 1. The van der Waals surface area contributed by atoms with Crippen molar-refractivity contribution in [3.8, 4) is 10.7 Å². The van der Waals surface area contributed by atoms with Gasteiger partial charge in [0.15, 0.2) is 0 Å². The van der Waals surface area contributed by atoms with Gasteiger partial charge in [0.1, 0.15) is 5.01 Å². The Kier molecular flexibility index (Phi) is 6.44. The Morgan fingerprint density at radius 2 is 2.04 bits per heavy atom. The van der Waals surface area contributed by atoms with Crippen LogP contribution in [-0.2, 0) is 11.2 Å². The van der Waals surface area contributed by atoms with Gasteiger partial charge in [-0.05, 0) is 36.4 Å². The van der Waals surface area contributed by atoms with Gasteiger partial charge < -0.3 is 5.32 Å². The molecule has 0 aliphatic carbocycles. The summed E-state index contributed by atoms with van der Waals surface area (Å²) in [4.78, 5) is 21.9. The number of thioether (sulfide) groups is 1. The minimum Gasteiger partial charge on any atom is -0.355 e. The van der Waals surface area contributed by atoms with Gasteiger partial charge in [0, 0.05) is 33.8 Å². The molecule has 0 aliphatic heterocycles. The third kappa shape index (κ3) is 5.56. The Morgan fingerprint density at radius 1 is 1.20 bits per heavy atom. The van der Waals surface area contributed by atoms with Crippen LogP contribution >= 0.6 is 34.7 Å². The number of carbonyl (C=O) groups excluding carboxylic acids is 1. The first kappa shape index (κ1) is 17.9. The number of thiazole rings is 1. The monoisotopic (exact) mass is 389 g/mol. The van der Waals surface area contributed by atoms with Crippen LogP contribution in [0, 0.1) is 0 Å². The molecule has 0 spiro atoms. The quantitative estimate of drug-likeness (QED) is 0.483. The number of hydrogen-bond acceptors (Lipinski definition) is 5. The first-order valence-electron chi connectivity index (χ1n) is 7.71. The largest absolute Gasteiger partial charge is 0.355 e. The molecule has 2 aromatic heterocycles. The fraction of sp³-hybridized carbons (Fsp3) is 0.167. The molecule has 3 aromatic rings. The highest BCUT2D eigenvalue weighted by Crippen LogP contribution is 2.22. The summed E-state index contributed by atoms with van der Waals surface area (Å²) in [5.74, 6) is 0.790. The molecule has 7 heteroatoms. The van der Waals surface area contributed by atoms with E-state index in [1.54, 1.807) is 18.0 Å². The van der Waals surface area contributed by atoms with E-state index in [2.05, 4.69) is 15.3 Å². The molecule has 0 fully saturated rings.